The maximum atomic E-state index is 5.83. The first-order valence-corrected chi connectivity index (χ1v) is 5.63. The molecule has 3 rings (SSSR count). The van der Waals surface area contributed by atoms with E-state index in [1.165, 1.54) is 0 Å². The molecule has 0 saturated carbocycles. The second kappa shape index (κ2) is 3.57. The summed E-state index contributed by atoms with van der Waals surface area (Å²) in [5.41, 5.74) is 0. The quantitative estimate of drug-likeness (QED) is 0.735. The van der Waals surface area contributed by atoms with E-state index in [1.807, 2.05) is 0 Å². The van der Waals surface area contributed by atoms with Crippen molar-refractivity contribution < 1.29 is 4.74 Å². The first kappa shape index (κ1) is 9.30. The highest BCUT2D eigenvalue weighted by molar-refractivity contribution is 5.03. The van der Waals surface area contributed by atoms with Gasteiger partial charge in [-0.2, -0.15) is 0 Å². The number of fused-ring (bicyclic) bond motifs is 1. The van der Waals surface area contributed by atoms with Crippen LogP contribution in [0, 0.1) is 0 Å². The maximum absolute atomic E-state index is 5.83. The van der Waals surface area contributed by atoms with Gasteiger partial charge in [0.1, 0.15) is 11.9 Å². The molecule has 3 heterocycles. The molecule has 1 fully saturated rings. The third-order valence-corrected chi connectivity index (χ3v) is 3.17. The third kappa shape index (κ3) is 1.55. The Morgan fingerprint density at radius 3 is 3.13 bits per heavy atom. The molecule has 1 aromatic heterocycles. The van der Waals surface area contributed by atoms with Gasteiger partial charge < -0.3 is 14.6 Å². The third-order valence-electron chi connectivity index (χ3n) is 3.17. The Hall–Kier alpha value is -0.940. The Bertz CT molecular complexity index is 362. The molecule has 0 spiro atoms. The molecule has 0 amide bonds. The standard InChI is InChI=1S/C10H16N4O/c1-7-2-3-8(15-7)10-13-12-9-6-11-4-5-14(9)10/h7-8,11H,2-6H2,1H3. The number of rotatable bonds is 1. The van der Waals surface area contributed by atoms with Crippen LogP contribution >= 0.6 is 0 Å². The fraction of sp³-hybridized carbons (Fsp3) is 0.800. The van der Waals surface area contributed by atoms with Crippen LogP contribution in [0.4, 0.5) is 0 Å². The Balaban J connectivity index is 1.88. The molecule has 2 aliphatic heterocycles. The van der Waals surface area contributed by atoms with Crippen molar-refractivity contribution in [2.24, 2.45) is 0 Å². The molecule has 5 nitrogen and oxygen atoms in total. The first-order valence-electron chi connectivity index (χ1n) is 5.63. The van der Waals surface area contributed by atoms with Crippen LogP contribution in [0.1, 0.15) is 37.5 Å². The van der Waals surface area contributed by atoms with E-state index in [0.717, 1.165) is 44.1 Å². The summed E-state index contributed by atoms with van der Waals surface area (Å²) in [5, 5.41) is 11.7. The Morgan fingerprint density at radius 2 is 2.33 bits per heavy atom. The number of aromatic nitrogens is 3. The van der Waals surface area contributed by atoms with Gasteiger partial charge in [-0.15, -0.1) is 10.2 Å². The first-order chi connectivity index (χ1) is 7.34. The smallest absolute Gasteiger partial charge is 0.162 e. The monoisotopic (exact) mass is 208 g/mol. The summed E-state index contributed by atoms with van der Waals surface area (Å²) in [4.78, 5) is 0. The lowest BCUT2D eigenvalue weighted by Crippen LogP contribution is -2.29. The van der Waals surface area contributed by atoms with E-state index in [9.17, 15) is 0 Å². The number of nitrogens with zero attached hydrogens (tertiary/aromatic N) is 3. The molecule has 15 heavy (non-hydrogen) atoms. The molecule has 2 atom stereocenters. The zero-order valence-corrected chi connectivity index (χ0v) is 8.94. The van der Waals surface area contributed by atoms with Gasteiger partial charge in [-0.1, -0.05) is 0 Å². The van der Waals surface area contributed by atoms with Gasteiger partial charge in [0.05, 0.1) is 12.6 Å². The van der Waals surface area contributed by atoms with Crippen molar-refractivity contribution in [1.29, 1.82) is 0 Å². The van der Waals surface area contributed by atoms with Crippen LogP contribution in [0.3, 0.4) is 0 Å². The molecule has 1 saturated heterocycles. The summed E-state index contributed by atoms with van der Waals surface area (Å²) in [7, 11) is 0. The van der Waals surface area contributed by atoms with Crippen molar-refractivity contribution in [3.63, 3.8) is 0 Å². The largest absolute Gasteiger partial charge is 0.367 e. The minimum atomic E-state index is 0.166. The van der Waals surface area contributed by atoms with Crippen LogP contribution in [0.5, 0.6) is 0 Å². The molecule has 82 valence electrons. The molecule has 1 aromatic rings. The highest BCUT2D eigenvalue weighted by Crippen LogP contribution is 2.31. The number of hydrogen-bond donors (Lipinski definition) is 1. The lowest BCUT2D eigenvalue weighted by atomic mass is 10.2. The van der Waals surface area contributed by atoms with Crippen molar-refractivity contribution in [3.8, 4) is 0 Å². The lowest BCUT2D eigenvalue weighted by molar-refractivity contribution is 0.0476. The highest BCUT2D eigenvalue weighted by Gasteiger charge is 2.29. The number of ether oxygens (including phenoxy) is 1. The molecule has 2 unspecified atom stereocenters. The maximum Gasteiger partial charge on any atom is 0.162 e. The van der Waals surface area contributed by atoms with Crippen LogP contribution in [0.25, 0.3) is 0 Å². The Morgan fingerprint density at radius 1 is 1.40 bits per heavy atom. The predicted molar refractivity (Wildman–Crippen MR) is 54.3 cm³/mol. The van der Waals surface area contributed by atoms with Crippen LogP contribution in [0.15, 0.2) is 0 Å². The van der Waals surface area contributed by atoms with Crippen LogP contribution in [-0.4, -0.2) is 27.4 Å². The fourth-order valence-corrected chi connectivity index (χ4v) is 2.35. The molecule has 2 aliphatic rings. The van der Waals surface area contributed by atoms with E-state index in [2.05, 4.69) is 27.0 Å². The van der Waals surface area contributed by atoms with E-state index < -0.39 is 0 Å². The van der Waals surface area contributed by atoms with Gasteiger partial charge in [0.2, 0.25) is 0 Å². The summed E-state index contributed by atoms with van der Waals surface area (Å²) in [6, 6.07) is 0. The molecular formula is C10H16N4O. The number of hydrogen-bond acceptors (Lipinski definition) is 4. The van der Waals surface area contributed by atoms with Gasteiger partial charge in [0.25, 0.3) is 0 Å². The SMILES string of the molecule is CC1CCC(c2nnc3n2CCNC3)O1. The summed E-state index contributed by atoms with van der Waals surface area (Å²) < 4.78 is 8.04. The normalized spacial score (nSPS) is 30.5. The fourth-order valence-electron chi connectivity index (χ4n) is 2.35. The molecule has 0 bridgehead atoms. The summed E-state index contributed by atoms with van der Waals surface area (Å²) in [6.07, 6.45) is 2.74. The molecule has 1 N–H and O–H groups in total. The minimum Gasteiger partial charge on any atom is -0.367 e. The zero-order chi connectivity index (χ0) is 10.3. The van der Waals surface area contributed by atoms with E-state index in [-0.39, 0.29) is 6.10 Å². The molecule has 0 aliphatic carbocycles. The second-order valence-electron chi connectivity index (χ2n) is 4.32. The van der Waals surface area contributed by atoms with Crippen molar-refractivity contribution in [1.82, 2.24) is 20.1 Å². The molecular weight excluding hydrogens is 192 g/mol. The van der Waals surface area contributed by atoms with Crippen LogP contribution in [0.2, 0.25) is 0 Å². The van der Waals surface area contributed by atoms with Gasteiger partial charge in [-0.05, 0) is 19.8 Å². The summed E-state index contributed by atoms with van der Waals surface area (Å²) in [6.45, 7) is 4.91. The zero-order valence-electron chi connectivity index (χ0n) is 8.94. The Kier molecular flexibility index (Phi) is 2.21. The van der Waals surface area contributed by atoms with Crippen molar-refractivity contribution >= 4 is 0 Å². The molecule has 0 aromatic carbocycles. The summed E-state index contributed by atoms with van der Waals surface area (Å²) in [5.74, 6) is 2.07. The number of nitrogens with one attached hydrogen (secondary N) is 1. The highest BCUT2D eigenvalue weighted by atomic mass is 16.5. The van der Waals surface area contributed by atoms with E-state index in [0.29, 0.717) is 6.10 Å². The minimum absolute atomic E-state index is 0.166. The molecule has 0 radical (unpaired) electrons. The summed E-state index contributed by atoms with van der Waals surface area (Å²) >= 11 is 0. The average molecular weight is 208 g/mol. The predicted octanol–water partition coefficient (Wildman–Crippen LogP) is 0.621. The van der Waals surface area contributed by atoms with Gasteiger partial charge in [-0.3, -0.25) is 0 Å². The van der Waals surface area contributed by atoms with Crippen LogP contribution < -0.4 is 5.32 Å². The topological polar surface area (TPSA) is 52.0 Å². The van der Waals surface area contributed by atoms with E-state index in [1.54, 1.807) is 0 Å². The Labute approximate surface area is 88.8 Å². The molecule has 5 heteroatoms. The van der Waals surface area contributed by atoms with E-state index >= 15 is 0 Å². The van der Waals surface area contributed by atoms with Crippen LogP contribution in [-0.2, 0) is 17.8 Å². The van der Waals surface area contributed by atoms with Crippen molar-refractivity contribution in [2.75, 3.05) is 6.54 Å². The van der Waals surface area contributed by atoms with Gasteiger partial charge in [0, 0.05) is 13.1 Å². The second-order valence-corrected chi connectivity index (χ2v) is 4.32. The van der Waals surface area contributed by atoms with Crippen molar-refractivity contribution in [2.45, 2.75) is 45.1 Å². The lowest BCUT2D eigenvalue weighted by Gasteiger charge is -2.18. The van der Waals surface area contributed by atoms with Gasteiger partial charge in [-0.25, -0.2) is 0 Å². The van der Waals surface area contributed by atoms with E-state index in [4.69, 9.17) is 4.74 Å². The van der Waals surface area contributed by atoms with Crippen molar-refractivity contribution in [3.05, 3.63) is 11.6 Å². The average Bonchev–Trinajstić information content (AvgIpc) is 2.83. The van der Waals surface area contributed by atoms with Gasteiger partial charge >= 0.3 is 0 Å². The van der Waals surface area contributed by atoms with Gasteiger partial charge in [0.15, 0.2) is 5.82 Å².